The molecule has 0 aromatic heterocycles. The van der Waals surface area contributed by atoms with Crippen LogP contribution in [0, 0.1) is 17.5 Å². The summed E-state index contributed by atoms with van der Waals surface area (Å²) in [4.78, 5) is 14.6. The number of hydrogen-bond acceptors (Lipinski definition) is 4. The van der Waals surface area contributed by atoms with E-state index in [0.29, 0.717) is 25.0 Å². The van der Waals surface area contributed by atoms with E-state index in [0.717, 1.165) is 12.8 Å². The fraction of sp³-hybridized carbons (Fsp3) is 0.381. The number of halogens is 4. The number of piperidine rings is 1. The van der Waals surface area contributed by atoms with Gasteiger partial charge in [0, 0.05) is 35.5 Å². The largest absolute Gasteiger partial charge is 0.322 e. The summed E-state index contributed by atoms with van der Waals surface area (Å²) in [5.41, 5.74) is -0.350. The number of nitrogens with zero attached hydrogens (tertiary/aromatic N) is 1. The molecule has 0 aliphatic carbocycles. The number of fused-ring (bicyclic) bond motifs is 2. The molecule has 31 heavy (non-hydrogen) atoms. The molecule has 2 atom stereocenters. The van der Waals surface area contributed by atoms with Crippen LogP contribution in [0.3, 0.4) is 0 Å². The van der Waals surface area contributed by atoms with Gasteiger partial charge in [-0.3, -0.25) is 4.79 Å². The van der Waals surface area contributed by atoms with Crippen molar-refractivity contribution in [3.63, 3.8) is 0 Å². The summed E-state index contributed by atoms with van der Waals surface area (Å²) in [5.74, 6) is -5.36. The van der Waals surface area contributed by atoms with Crippen molar-refractivity contribution in [2.45, 2.75) is 47.9 Å². The molecule has 4 rings (SSSR count). The lowest BCUT2D eigenvalue weighted by molar-refractivity contribution is 0.102. The van der Waals surface area contributed by atoms with Gasteiger partial charge in [-0.15, -0.1) is 0 Å². The van der Waals surface area contributed by atoms with Crippen LogP contribution in [0.2, 0.25) is 5.02 Å². The van der Waals surface area contributed by atoms with Gasteiger partial charge in [0.25, 0.3) is 5.91 Å². The minimum Gasteiger partial charge on any atom is -0.322 e. The van der Waals surface area contributed by atoms with Crippen LogP contribution in [0.4, 0.5) is 18.9 Å². The second kappa shape index (κ2) is 8.11. The van der Waals surface area contributed by atoms with E-state index >= 15 is 0 Å². The van der Waals surface area contributed by atoms with Crippen LogP contribution in [0.1, 0.15) is 36.0 Å². The summed E-state index contributed by atoms with van der Waals surface area (Å²) in [6.07, 6.45) is 2.90. The third-order valence-corrected chi connectivity index (χ3v) is 8.89. The Balaban J connectivity index is 1.60. The Hall–Kier alpha value is -2.10. The van der Waals surface area contributed by atoms with Crippen molar-refractivity contribution in [2.75, 3.05) is 12.4 Å². The van der Waals surface area contributed by atoms with Crippen molar-refractivity contribution in [2.24, 2.45) is 0 Å². The molecule has 2 aliphatic rings. The predicted molar refractivity (Wildman–Crippen MR) is 111 cm³/mol. The van der Waals surface area contributed by atoms with E-state index in [1.54, 1.807) is 0 Å². The van der Waals surface area contributed by atoms with E-state index in [4.69, 9.17) is 11.6 Å². The molecule has 10 heteroatoms. The molecule has 2 aliphatic heterocycles. The lowest BCUT2D eigenvalue weighted by Gasteiger charge is -2.36. The molecule has 166 valence electrons. The lowest BCUT2D eigenvalue weighted by atomic mass is 10.0. The molecule has 0 radical (unpaired) electrons. The van der Waals surface area contributed by atoms with E-state index in [9.17, 15) is 26.4 Å². The summed E-state index contributed by atoms with van der Waals surface area (Å²) < 4.78 is 66.6. The fourth-order valence-electron chi connectivity index (χ4n) is 4.49. The molecule has 2 fully saturated rings. The number of benzene rings is 2. The normalized spacial score (nSPS) is 23.7. The molecule has 1 amide bonds. The van der Waals surface area contributed by atoms with Crippen molar-refractivity contribution in [3.05, 3.63) is 58.4 Å². The first-order valence-electron chi connectivity index (χ1n) is 9.79. The first-order valence-corrected chi connectivity index (χ1v) is 11.7. The molecule has 2 aromatic rings. The summed E-state index contributed by atoms with van der Waals surface area (Å²) >= 11 is 6.18. The van der Waals surface area contributed by atoms with Crippen molar-refractivity contribution < 1.29 is 26.4 Å². The Bertz CT molecular complexity index is 1120. The zero-order chi connectivity index (χ0) is 22.5. The quantitative estimate of drug-likeness (QED) is 0.669. The minimum atomic E-state index is -3.80. The highest BCUT2D eigenvalue weighted by Gasteiger charge is 2.44. The molecular weight excluding hydrogens is 453 g/mol. The molecule has 5 nitrogen and oxygen atoms in total. The third-order valence-electron chi connectivity index (χ3n) is 6.24. The molecule has 2 saturated heterocycles. The number of nitrogens with one attached hydrogen (secondary N) is 1. The molecule has 0 spiro atoms. The first-order chi connectivity index (χ1) is 14.6. The van der Waals surface area contributed by atoms with Gasteiger partial charge in [0.05, 0.1) is 15.2 Å². The maximum atomic E-state index is 13.4. The minimum absolute atomic E-state index is 0.00157. The number of sulfone groups is 1. The lowest BCUT2D eigenvalue weighted by Crippen LogP contribution is -2.44. The second-order valence-corrected chi connectivity index (χ2v) is 10.6. The van der Waals surface area contributed by atoms with Crippen LogP contribution in [0.25, 0.3) is 0 Å². The van der Waals surface area contributed by atoms with Gasteiger partial charge in [0.2, 0.25) is 0 Å². The molecule has 0 saturated carbocycles. The van der Waals surface area contributed by atoms with Crippen LogP contribution >= 0.6 is 11.6 Å². The van der Waals surface area contributed by atoms with Crippen LogP contribution in [0.5, 0.6) is 0 Å². The summed E-state index contributed by atoms with van der Waals surface area (Å²) in [7, 11) is -1.79. The Morgan fingerprint density at radius 3 is 2.23 bits per heavy atom. The SMILES string of the molecule is CN1C2CCC1CC(S(=O)(=O)c1cc(C(=O)Nc3cc(F)c(F)c(F)c3)ccc1Cl)C2. The van der Waals surface area contributed by atoms with Crippen molar-refractivity contribution in [1.82, 2.24) is 4.90 Å². The van der Waals surface area contributed by atoms with E-state index in [-0.39, 0.29) is 33.3 Å². The van der Waals surface area contributed by atoms with E-state index < -0.39 is 38.4 Å². The van der Waals surface area contributed by atoms with Gasteiger partial charge in [0.1, 0.15) is 0 Å². The van der Waals surface area contributed by atoms with Crippen molar-refractivity contribution in [1.29, 1.82) is 0 Å². The Morgan fingerprint density at radius 2 is 1.65 bits per heavy atom. The van der Waals surface area contributed by atoms with Crippen LogP contribution in [0.15, 0.2) is 35.2 Å². The zero-order valence-electron chi connectivity index (χ0n) is 16.5. The highest BCUT2D eigenvalue weighted by molar-refractivity contribution is 7.92. The van der Waals surface area contributed by atoms with Gasteiger partial charge in [0.15, 0.2) is 27.3 Å². The Kier molecular flexibility index (Phi) is 5.78. The highest BCUT2D eigenvalue weighted by atomic mass is 35.5. The smallest absolute Gasteiger partial charge is 0.255 e. The maximum Gasteiger partial charge on any atom is 0.255 e. The molecule has 2 heterocycles. The summed E-state index contributed by atoms with van der Waals surface area (Å²) in [5, 5.41) is 1.65. The second-order valence-electron chi connectivity index (χ2n) is 8.04. The number of hydrogen-bond donors (Lipinski definition) is 1. The topological polar surface area (TPSA) is 66.5 Å². The van der Waals surface area contributed by atoms with E-state index in [2.05, 4.69) is 10.2 Å². The zero-order valence-corrected chi connectivity index (χ0v) is 18.1. The molecule has 1 N–H and O–H groups in total. The first kappa shape index (κ1) is 22.1. The summed E-state index contributed by atoms with van der Waals surface area (Å²) in [6.45, 7) is 0. The van der Waals surface area contributed by atoms with Gasteiger partial charge in [-0.2, -0.15) is 0 Å². The maximum absolute atomic E-state index is 13.4. The highest BCUT2D eigenvalue weighted by Crippen LogP contribution is 2.40. The van der Waals surface area contributed by atoms with Gasteiger partial charge < -0.3 is 10.2 Å². The van der Waals surface area contributed by atoms with Gasteiger partial charge in [-0.1, -0.05) is 11.6 Å². The Labute approximate surface area is 183 Å². The number of amides is 1. The van der Waals surface area contributed by atoms with Crippen LogP contribution < -0.4 is 5.32 Å². The molecular formula is C21H20ClF3N2O3S. The Morgan fingerprint density at radius 1 is 1.06 bits per heavy atom. The average Bonchev–Trinajstić information content (AvgIpc) is 2.91. The van der Waals surface area contributed by atoms with Gasteiger partial charge in [-0.25, -0.2) is 21.6 Å². The van der Waals surface area contributed by atoms with Crippen molar-refractivity contribution in [3.8, 4) is 0 Å². The average molecular weight is 473 g/mol. The number of carbonyl (C=O) groups is 1. The number of rotatable bonds is 4. The monoisotopic (exact) mass is 472 g/mol. The molecule has 2 bridgehead atoms. The third kappa shape index (κ3) is 4.06. The van der Waals surface area contributed by atoms with Gasteiger partial charge >= 0.3 is 0 Å². The number of anilines is 1. The van der Waals surface area contributed by atoms with Crippen LogP contribution in [-0.2, 0) is 9.84 Å². The molecule has 2 aromatic carbocycles. The summed E-state index contributed by atoms with van der Waals surface area (Å²) in [6, 6.07) is 5.46. The van der Waals surface area contributed by atoms with Crippen LogP contribution in [-0.4, -0.2) is 43.6 Å². The standard InChI is InChI=1S/C21H20ClF3N2O3S/c1-27-13-3-4-14(27)10-15(9-13)31(29,30)19-6-11(2-5-16(19)22)21(28)26-12-7-17(23)20(25)18(24)8-12/h2,5-8,13-15H,3-4,9-10H2,1H3,(H,26,28). The molecule has 2 unspecified atom stereocenters. The van der Waals surface area contributed by atoms with Gasteiger partial charge in [-0.05, 0) is 50.9 Å². The van der Waals surface area contributed by atoms with E-state index in [1.807, 2.05) is 7.05 Å². The fourth-order valence-corrected chi connectivity index (χ4v) is 6.87. The predicted octanol–water partition coefficient (Wildman–Crippen LogP) is 4.41. The van der Waals surface area contributed by atoms with E-state index in [1.165, 1.54) is 18.2 Å². The number of carbonyl (C=O) groups excluding carboxylic acids is 1. The van der Waals surface area contributed by atoms with Crippen molar-refractivity contribution >= 4 is 33.0 Å².